The number of ether oxygens (including phenoxy) is 2. The SMILES string of the molecule is COc1ccc(NC(=O)CS(=O)(=O)C(C)c2ccccc2)cc1OC. The molecule has 0 bridgehead atoms. The summed E-state index contributed by atoms with van der Waals surface area (Å²) in [7, 11) is -0.640. The predicted octanol–water partition coefficient (Wildman–Crippen LogP) is 2.82. The van der Waals surface area contributed by atoms with Crippen molar-refractivity contribution in [1.82, 2.24) is 0 Å². The smallest absolute Gasteiger partial charge is 0.239 e. The van der Waals surface area contributed by atoms with Crippen LogP contribution < -0.4 is 14.8 Å². The second-order valence-electron chi connectivity index (χ2n) is 5.48. The summed E-state index contributed by atoms with van der Waals surface area (Å²) >= 11 is 0. The molecule has 2 aromatic carbocycles. The fourth-order valence-corrected chi connectivity index (χ4v) is 3.61. The number of hydrogen-bond donors (Lipinski definition) is 1. The van der Waals surface area contributed by atoms with Gasteiger partial charge in [-0.2, -0.15) is 0 Å². The molecule has 0 saturated carbocycles. The van der Waals surface area contributed by atoms with E-state index in [0.29, 0.717) is 22.7 Å². The largest absolute Gasteiger partial charge is 0.493 e. The topological polar surface area (TPSA) is 81.7 Å². The minimum absolute atomic E-state index is 0.435. The van der Waals surface area contributed by atoms with Crippen molar-refractivity contribution < 1.29 is 22.7 Å². The van der Waals surface area contributed by atoms with E-state index < -0.39 is 26.7 Å². The third-order valence-corrected chi connectivity index (χ3v) is 5.82. The maximum Gasteiger partial charge on any atom is 0.239 e. The molecule has 0 heterocycles. The van der Waals surface area contributed by atoms with Crippen LogP contribution in [0.4, 0.5) is 5.69 Å². The molecule has 0 saturated heterocycles. The van der Waals surface area contributed by atoms with E-state index in [1.807, 2.05) is 6.07 Å². The molecule has 25 heavy (non-hydrogen) atoms. The zero-order chi connectivity index (χ0) is 18.4. The van der Waals surface area contributed by atoms with E-state index in [0.717, 1.165) is 0 Å². The normalized spacial score (nSPS) is 12.3. The average Bonchev–Trinajstić information content (AvgIpc) is 2.61. The number of amides is 1. The highest BCUT2D eigenvalue weighted by atomic mass is 32.2. The quantitative estimate of drug-likeness (QED) is 0.818. The van der Waals surface area contributed by atoms with Crippen molar-refractivity contribution in [3.05, 3.63) is 54.1 Å². The Morgan fingerprint density at radius 1 is 1.04 bits per heavy atom. The molecular formula is C18H21NO5S. The molecule has 0 radical (unpaired) electrons. The predicted molar refractivity (Wildman–Crippen MR) is 96.8 cm³/mol. The van der Waals surface area contributed by atoms with E-state index in [1.165, 1.54) is 14.2 Å². The Balaban J connectivity index is 2.09. The Morgan fingerprint density at radius 3 is 2.28 bits per heavy atom. The van der Waals surface area contributed by atoms with Crippen LogP contribution in [0.15, 0.2) is 48.5 Å². The summed E-state index contributed by atoms with van der Waals surface area (Å²) < 4.78 is 35.2. The molecule has 0 fully saturated rings. The molecule has 0 aliphatic rings. The molecule has 1 unspecified atom stereocenters. The van der Waals surface area contributed by atoms with Crippen LogP contribution in [0.5, 0.6) is 11.5 Å². The molecule has 134 valence electrons. The third kappa shape index (κ3) is 4.73. The van der Waals surface area contributed by atoms with Gasteiger partial charge in [0.2, 0.25) is 5.91 Å². The first-order chi connectivity index (χ1) is 11.9. The lowest BCUT2D eigenvalue weighted by Crippen LogP contribution is -2.25. The number of carbonyl (C=O) groups is 1. The summed E-state index contributed by atoms with van der Waals surface area (Å²) in [5.74, 6) is -0.237. The number of sulfone groups is 1. The van der Waals surface area contributed by atoms with Gasteiger partial charge >= 0.3 is 0 Å². The minimum Gasteiger partial charge on any atom is -0.493 e. The average molecular weight is 363 g/mol. The van der Waals surface area contributed by atoms with Crippen LogP contribution in [0.2, 0.25) is 0 Å². The van der Waals surface area contributed by atoms with E-state index in [9.17, 15) is 13.2 Å². The molecule has 1 amide bonds. The van der Waals surface area contributed by atoms with Gasteiger partial charge in [-0.25, -0.2) is 8.42 Å². The maximum absolute atomic E-state index is 12.4. The van der Waals surface area contributed by atoms with Gasteiger partial charge in [0.25, 0.3) is 0 Å². The summed E-state index contributed by atoms with van der Waals surface area (Å²) in [5.41, 5.74) is 1.09. The second kappa shape index (κ2) is 8.02. The lowest BCUT2D eigenvalue weighted by Gasteiger charge is -2.14. The van der Waals surface area contributed by atoms with Crippen molar-refractivity contribution in [1.29, 1.82) is 0 Å². The lowest BCUT2D eigenvalue weighted by atomic mass is 10.2. The fourth-order valence-electron chi connectivity index (χ4n) is 2.35. The van der Waals surface area contributed by atoms with E-state index >= 15 is 0 Å². The molecule has 2 rings (SSSR count). The Bertz CT molecular complexity index is 834. The first-order valence-corrected chi connectivity index (χ1v) is 9.37. The molecular weight excluding hydrogens is 342 g/mol. The van der Waals surface area contributed by atoms with Crippen molar-refractivity contribution in [2.45, 2.75) is 12.2 Å². The summed E-state index contributed by atoms with van der Waals surface area (Å²) in [4.78, 5) is 12.2. The highest BCUT2D eigenvalue weighted by Gasteiger charge is 2.25. The van der Waals surface area contributed by atoms with Crippen LogP contribution in [0, 0.1) is 0 Å². The highest BCUT2D eigenvalue weighted by Crippen LogP contribution is 2.30. The molecule has 1 N–H and O–H groups in total. The molecule has 2 aromatic rings. The second-order valence-corrected chi connectivity index (χ2v) is 7.80. The van der Waals surface area contributed by atoms with E-state index in [4.69, 9.17) is 9.47 Å². The van der Waals surface area contributed by atoms with Crippen LogP contribution in [-0.2, 0) is 14.6 Å². The molecule has 0 aliphatic heterocycles. The molecule has 0 aliphatic carbocycles. The number of anilines is 1. The zero-order valence-corrected chi connectivity index (χ0v) is 15.2. The Labute approximate surface area is 147 Å². The van der Waals surface area contributed by atoms with Crippen molar-refractivity contribution in [3.8, 4) is 11.5 Å². The van der Waals surface area contributed by atoms with Gasteiger partial charge in [-0.3, -0.25) is 4.79 Å². The van der Waals surface area contributed by atoms with Gasteiger partial charge in [0.1, 0.15) is 5.75 Å². The Hall–Kier alpha value is -2.54. The first-order valence-electron chi connectivity index (χ1n) is 7.65. The van der Waals surface area contributed by atoms with Crippen LogP contribution in [0.25, 0.3) is 0 Å². The molecule has 0 aromatic heterocycles. The minimum atomic E-state index is -3.63. The van der Waals surface area contributed by atoms with Gasteiger partial charge < -0.3 is 14.8 Å². The van der Waals surface area contributed by atoms with Crippen molar-refractivity contribution in [2.24, 2.45) is 0 Å². The fraction of sp³-hybridized carbons (Fsp3) is 0.278. The van der Waals surface area contributed by atoms with Crippen LogP contribution >= 0.6 is 0 Å². The summed E-state index contributed by atoms with van der Waals surface area (Å²) in [6, 6.07) is 13.6. The van der Waals surface area contributed by atoms with Crippen molar-refractivity contribution in [3.63, 3.8) is 0 Å². The molecule has 6 nitrogen and oxygen atoms in total. The van der Waals surface area contributed by atoms with Gasteiger partial charge in [-0.15, -0.1) is 0 Å². The maximum atomic E-state index is 12.4. The van der Waals surface area contributed by atoms with Crippen molar-refractivity contribution in [2.75, 3.05) is 25.3 Å². The molecule has 0 spiro atoms. The Kier molecular flexibility index (Phi) is 6.03. The lowest BCUT2D eigenvalue weighted by molar-refractivity contribution is -0.113. The molecule has 1 atom stereocenters. The number of methoxy groups -OCH3 is 2. The van der Waals surface area contributed by atoms with Crippen LogP contribution in [0.3, 0.4) is 0 Å². The monoisotopic (exact) mass is 363 g/mol. The molecule has 7 heteroatoms. The van der Waals surface area contributed by atoms with Gasteiger partial charge in [0.05, 0.1) is 19.5 Å². The van der Waals surface area contributed by atoms with Gasteiger partial charge in [-0.1, -0.05) is 30.3 Å². The number of carbonyl (C=O) groups excluding carboxylic acids is 1. The van der Waals surface area contributed by atoms with Gasteiger partial charge in [0.15, 0.2) is 21.3 Å². The van der Waals surface area contributed by atoms with E-state index in [2.05, 4.69) is 5.32 Å². The number of nitrogens with one attached hydrogen (secondary N) is 1. The summed E-state index contributed by atoms with van der Waals surface area (Å²) in [6.45, 7) is 1.58. The first kappa shape index (κ1) is 18.8. The number of hydrogen-bond acceptors (Lipinski definition) is 5. The number of benzene rings is 2. The number of rotatable bonds is 7. The summed E-state index contributed by atoms with van der Waals surface area (Å²) in [6.07, 6.45) is 0. The standard InChI is InChI=1S/C18H21NO5S/c1-13(14-7-5-4-6-8-14)25(21,22)12-18(20)19-15-9-10-16(23-2)17(11-15)24-3/h4-11,13H,12H2,1-3H3,(H,19,20). The Morgan fingerprint density at radius 2 is 1.68 bits per heavy atom. The van der Waals surface area contributed by atoms with E-state index in [-0.39, 0.29) is 0 Å². The summed E-state index contributed by atoms with van der Waals surface area (Å²) in [5, 5.41) is 1.82. The van der Waals surface area contributed by atoms with E-state index in [1.54, 1.807) is 49.4 Å². The van der Waals surface area contributed by atoms with Crippen LogP contribution in [-0.4, -0.2) is 34.3 Å². The zero-order valence-electron chi connectivity index (χ0n) is 14.4. The van der Waals surface area contributed by atoms with Crippen LogP contribution in [0.1, 0.15) is 17.7 Å². The highest BCUT2D eigenvalue weighted by molar-refractivity contribution is 7.92. The third-order valence-electron chi connectivity index (χ3n) is 3.81. The van der Waals surface area contributed by atoms with Gasteiger partial charge in [-0.05, 0) is 24.6 Å². The van der Waals surface area contributed by atoms with Gasteiger partial charge in [0, 0.05) is 11.8 Å². The van der Waals surface area contributed by atoms with Crippen molar-refractivity contribution >= 4 is 21.4 Å².